The maximum Gasteiger partial charge on any atom is 0.239 e. The zero-order valence-corrected chi connectivity index (χ0v) is 16.7. The quantitative estimate of drug-likeness (QED) is 0.458. The molecular formula is C21H31N4O4-. The molecule has 2 rings (SSSR count). The minimum Gasteiger partial charge on any atom is -0.841 e. The third kappa shape index (κ3) is 9.06. The van der Waals surface area contributed by atoms with Gasteiger partial charge in [-0.15, -0.1) is 0 Å². The Morgan fingerprint density at radius 3 is 2.62 bits per heavy atom. The van der Waals surface area contributed by atoms with Gasteiger partial charge in [0.1, 0.15) is 0 Å². The van der Waals surface area contributed by atoms with Crippen molar-refractivity contribution >= 4 is 17.7 Å². The van der Waals surface area contributed by atoms with Crippen molar-refractivity contribution in [2.45, 2.75) is 57.2 Å². The highest BCUT2D eigenvalue weighted by Crippen LogP contribution is 2.20. The number of hydrogen-bond acceptors (Lipinski definition) is 5. The molecule has 160 valence electrons. The van der Waals surface area contributed by atoms with E-state index in [1.165, 1.54) is 0 Å². The highest BCUT2D eigenvalue weighted by Gasteiger charge is 2.19. The monoisotopic (exact) mass is 403 g/mol. The Morgan fingerprint density at radius 1 is 1.14 bits per heavy atom. The van der Waals surface area contributed by atoms with Crippen molar-refractivity contribution in [2.24, 2.45) is 11.7 Å². The van der Waals surface area contributed by atoms with Crippen molar-refractivity contribution in [3.8, 4) is 0 Å². The lowest BCUT2D eigenvalue weighted by Crippen LogP contribution is -2.53. The molecule has 1 aromatic carbocycles. The van der Waals surface area contributed by atoms with E-state index in [4.69, 9.17) is 5.73 Å². The summed E-state index contributed by atoms with van der Waals surface area (Å²) in [5.41, 5.74) is 6.41. The molecule has 8 nitrogen and oxygen atoms in total. The SMILES string of the molecule is NC(=O)[C@@H](Cc1ccccc1)NC([O-])CC1CCCCNC(=O)CNC(=O)CC1. The van der Waals surface area contributed by atoms with Gasteiger partial charge in [0.25, 0.3) is 0 Å². The first-order valence-corrected chi connectivity index (χ1v) is 10.2. The summed E-state index contributed by atoms with van der Waals surface area (Å²) >= 11 is 0. The molecule has 3 amide bonds. The molecule has 1 aliphatic heterocycles. The molecule has 3 atom stereocenters. The van der Waals surface area contributed by atoms with Crippen LogP contribution in [0, 0.1) is 5.92 Å². The first-order valence-electron chi connectivity index (χ1n) is 10.2. The van der Waals surface area contributed by atoms with Gasteiger partial charge < -0.3 is 26.8 Å². The van der Waals surface area contributed by atoms with Crippen LogP contribution in [-0.2, 0) is 20.8 Å². The van der Waals surface area contributed by atoms with Gasteiger partial charge in [0.2, 0.25) is 17.7 Å². The van der Waals surface area contributed by atoms with Gasteiger partial charge in [0.05, 0.1) is 12.6 Å². The number of nitrogens with one attached hydrogen (secondary N) is 3. The average Bonchev–Trinajstić information content (AvgIpc) is 2.69. The number of primary amides is 1. The molecule has 8 heteroatoms. The molecule has 1 aliphatic rings. The molecule has 0 aromatic heterocycles. The van der Waals surface area contributed by atoms with Crippen molar-refractivity contribution in [3.63, 3.8) is 0 Å². The van der Waals surface area contributed by atoms with Crippen molar-refractivity contribution in [3.05, 3.63) is 35.9 Å². The molecule has 0 spiro atoms. The van der Waals surface area contributed by atoms with Crippen molar-refractivity contribution < 1.29 is 19.5 Å². The lowest BCUT2D eigenvalue weighted by atomic mass is 9.92. The Labute approximate surface area is 171 Å². The van der Waals surface area contributed by atoms with E-state index in [1.54, 1.807) is 0 Å². The van der Waals surface area contributed by atoms with Gasteiger partial charge >= 0.3 is 0 Å². The van der Waals surface area contributed by atoms with E-state index in [2.05, 4.69) is 16.0 Å². The van der Waals surface area contributed by atoms with Crippen molar-refractivity contribution in [1.29, 1.82) is 0 Å². The van der Waals surface area contributed by atoms with Crippen LogP contribution >= 0.6 is 0 Å². The minimum atomic E-state index is -1.14. The third-order valence-electron chi connectivity index (χ3n) is 5.15. The average molecular weight is 404 g/mol. The number of carbonyl (C=O) groups is 3. The Bertz CT molecular complexity index is 668. The highest BCUT2D eigenvalue weighted by molar-refractivity contribution is 5.84. The summed E-state index contributed by atoms with van der Waals surface area (Å²) in [4.78, 5) is 35.2. The van der Waals surface area contributed by atoms with Crippen LogP contribution in [0.5, 0.6) is 0 Å². The van der Waals surface area contributed by atoms with Crippen molar-refractivity contribution in [2.75, 3.05) is 13.1 Å². The lowest BCUT2D eigenvalue weighted by molar-refractivity contribution is -0.433. The summed E-state index contributed by atoms with van der Waals surface area (Å²) in [6.07, 6.45) is 2.87. The summed E-state index contributed by atoms with van der Waals surface area (Å²) in [6.45, 7) is 0.538. The number of hydrogen-bond donors (Lipinski definition) is 4. The molecule has 0 bridgehead atoms. The van der Waals surface area contributed by atoms with Gasteiger partial charge in [0, 0.05) is 13.0 Å². The van der Waals surface area contributed by atoms with Crippen LogP contribution in [-0.4, -0.2) is 43.1 Å². The van der Waals surface area contributed by atoms with Gasteiger partial charge in [-0.3, -0.25) is 14.4 Å². The predicted octanol–water partition coefficient (Wildman–Crippen LogP) is -0.438. The number of amides is 3. The van der Waals surface area contributed by atoms with Gasteiger partial charge in [0.15, 0.2) is 0 Å². The normalized spacial score (nSPS) is 21.1. The summed E-state index contributed by atoms with van der Waals surface area (Å²) in [5, 5.41) is 20.8. The second-order valence-electron chi connectivity index (χ2n) is 7.56. The maximum absolute atomic E-state index is 12.6. The van der Waals surface area contributed by atoms with E-state index in [0.717, 1.165) is 24.8 Å². The second-order valence-corrected chi connectivity index (χ2v) is 7.56. The number of rotatable bonds is 7. The molecule has 1 saturated heterocycles. The van der Waals surface area contributed by atoms with Crippen LogP contribution in [0.3, 0.4) is 0 Å². The zero-order valence-electron chi connectivity index (χ0n) is 16.7. The van der Waals surface area contributed by atoms with E-state index in [1.807, 2.05) is 30.3 Å². The van der Waals surface area contributed by atoms with Crippen molar-refractivity contribution in [1.82, 2.24) is 16.0 Å². The molecule has 2 unspecified atom stereocenters. The smallest absolute Gasteiger partial charge is 0.239 e. The van der Waals surface area contributed by atoms with Crippen LogP contribution in [0.15, 0.2) is 30.3 Å². The van der Waals surface area contributed by atoms with E-state index >= 15 is 0 Å². The summed E-state index contributed by atoms with van der Waals surface area (Å²) in [7, 11) is 0. The number of carbonyl (C=O) groups excluding carboxylic acids is 3. The number of benzene rings is 1. The largest absolute Gasteiger partial charge is 0.841 e. The van der Waals surface area contributed by atoms with Crippen LogP contribution in [0.4, 0.5) is 0 Å². The Hall–Kier alpha value is -2.45. The second kappa shape index (κ2) is 12.2. The minimum absolute atomic E-state index is 0.0188. The fraction of sp³-hybridized carbons (Fsp3) is 0.571. The van der Waals surface area contributed by atoms with E-state index in [-0.39, 0.29) is 30.7 Å². The van der Waals surface area contributed by atoms with Crippen LogP contribution < -0.4 is 26.8 Å². The van der Waals surface area contributed by atoms with Gasteiger partial charge in [-0.1, -0.05) is 55.8 Å². The summed E-state index contributed by atoms with van der Waals surface area (Å²) in [5.74, 6) is -0.866. The molecule has 0 saturated carbocycles. The number of nitrogens with two attached hydrogens (primary N) is 1. The summed E-state index contributed by atoms with van der Waals surface area (Å²) < 4.78 is 0. The molecule has 1 fully saturated rings. The van der Waals surface area contributed by atoms with Gasteiger partial charge in [-0.25, -0.2) is 0 Å². The molecule has 1 heterocycles. The molecule has 0 aliphatic carbocycles. The third-order valence-corrected chi connectivity index (χ3v) is 5.15. The first kappa shape index (κ1) is 22.8. The highest BCUT2D eigenvalue weighted by atomic mass is 16.3. The fourth-order valence-electron chi connectivity index (χ4n) is 3.52. The summed E-state index contributed by atoms with van der Waals surface area (Å²) in [6, 6.07) is 8.69. The zero-order chi connectivity index (χ0) is 21.1. The Morgan fingerprint density at radius 2 is 1.90 bits per heavy atom. The van der Waals surface area contributed by atoms with Crippen LogP contribution in [0.2, 0.25) is 0 Å². The lowest BCUT2D eigenvalue weighted by Gasteiger charge is -2.32. The molecule has 29 heavy (non-hydrogen) atoms. The van der Waals surface area contributed by atoms with Crippen LogP contribution in [0.25, 0.3) is 0 Å². The van der Waals surface area contributed by atoms with E-state index < -0.39 is 18.2 Å². The Balaban J connectivity index is 1.89. The van der Waals surface area contributed by atoms with E-state index in [0.29, 0.717) is 25.8 Å². The fourth-order valence-corrected chi connectivity index (χ4v) is 3.52. The van der Waals surface area contributed by atoms with Crippen LogP contribution in [0.1, 0.15) is 44.1 Å². The standard InChI is InChI=1S/C21H31N4O4/c22-21(29)17(12-15-6-2-1-3-7-15)25-19(27)13-16-8-4-5-11-23-20(28)14-24-18(26)10-9-16/h1-3,6-7,16-17,19,25H,4-5,8-14H2,(H2,22,29)(H,23,28)(H,24,26)/q-1/t16?,17-,19?/m1/s1. The van der Waals surface area contributed by atoms with Gasteiger partial charge in [-0.2, -0.15) is 0 Å². The first-order chi connectivity index (χ1) is 13.9. The molecule has 1 aromatic rings. The topological polar surface area (TPSA) is 136 Å². The maximum atomic E-state index is 12.6. The molecular weight excluding hydrogens is 372 g/mol. The van der Waals surface area contributed by atoms with E-state index in [9.17, 15) is 19.5 Å². The Kier molecular flexibility index (Phi) is 9.59. The predicted molar refractivity (Wildman–Crippen MR) is 107 cm³/mol. The molecule has 0 radical (unpaired) electrons. The van der Waals surface area contributed by atoms with Gasteiger partial charge in [-0.05, 0) is 30.7 Å². The molecule has 5 N–H and O–H groups in total.